The first-order valence-electron chi connectivity index (χ1n) is 7.43. The first-order chi connectivity index (χ1) is 11.3. The van der Waals surface area contributed by atoms with E-state index in [9.17, 15) is 19.8 Å². The van der Waals surface area contributed by atoms with E-state index in [-0.39, 0.29) is 41.1 Å². The van der Waals surface area contributed by atoms with Crippen molar-refractivity contribution >= 4 is 11.9 Å². The predicted molar refractivity (Wildman–Crippen MR) is 74.5 cm³/mol. The number of carbonyl (C=O) groups excluding carboxylic acids is 2. The van der Waals surface area contributed by atoms with Gasteiger partial charge in [-0.1, -0.05) is 17.1 Å². The largest absolute Gasteiger partial charge is 0.871 e. The van der Waals surface area contributed by atoms with E-state index in [1.807, 2.05) is 0 Å². The Bertz CT molecular complexity index is 782. The maximum atomic E-state index is 12.6. The summed E-state index contributed by atoms with van der Waals surface area (Å²) < 4.78 is 10.6. The van der Waals surface area contributed by atoms with Crippen molar-refractivity contribution in [1.29, 1.82) is 0 Å². The lowest BCUT2D eigenvalue weighted by atomic mass is 9.90. The molecular formula is C15H15N3O6-2. The maximum Gasteiger partial charge on any atom is 0.404 e. The smallest absolute Gasteiger partial charge is 0.404 e. The Balaban J connectivity index is 1.94. The molecule has 0 aromatic heterocycles. The molecule has 0 aromatic rings. The van der Waals surface area contributed by atoms with E-state index in [0.29, 0.717) is 6.54 Å². The zero-order chi connectivity index (χ0) is 17.4. The molecule has 4 rings (SSSR count). The van der Waals surface area contributed by atoms with E-state index in [1.54, 1.807) is 4.90 Å². The molecule has 2 saturated heterocycles. The Morgan fingerprint density at radius 1 is 1.46 bits per heavy atom. The number of ketones is 1. The zero-order valence-electron chi connectivity index (χ0n) is 13.0. The molecular weight excluding hydrogens is 318 g/mol. The number of Topliss-reactive ketones (excluding diaryl/α,β-unsaturated/α-hetero) is 1. The summed E-state index contributed by atoms with van der Waals surface area (Å²) in [7, 11) is 1.45. The molecule has 0 saturated carbocycles. The highest BCUT2D eigenvalue weighted by molar-refractivity contribution is 6.13. The highest BCUT2D eigenvalue weighted by Gasteiger charge is 2.69. The molecule has 0 bridgehead atoms. The first-order valence-corrected chi connectivity index (χ1v) is 7.43. The molecule has 1 amide bonds. The van der Waals surface area contributed by atoms with Crippen LogP contribution in [-0.2, 0) is 14.3 Å². The second kappa shape index (κ2) is 4.52. The number of nitrogens with one attached hydrogen (secondary N) is 1. The van der Waals surface area contributed by atoms with E-state index in [2.05, 4.69) is 5.32 Å². The highest BCUT2D eigenvalue weighted by atomic mass is 16.6. The summed E-state index contributed by atoms with van der Waals surface area (Å²) in [6.07, 6.45) is -1.02. The van der Waals surface area contributed by atoms with Crippen molar-refractivity contribution in [3.63, 3.8) is 0 Å². The molecule has 0 spiro atoms. The minimum Gasteiger partial charge on any atom is -0.871 e. The topological polar surface area (TPSA) is 150 Å². The normalized spacial score (nSPS) is 33.8. The zero-order valence-corrected chi connectivity index (χ0v) is 13.0. The number of nitrogens with two attached hydrogens (primary N) is 1. The summed E-state index contributed by atoms with van der Waals surface area (Å²) in [6.45, 7) is 1.47. The van der Waals surface area contributed by atoms with Crippen molar-refractivity contribution in [3.8, 4) is 0 Å². The fraction of sp³-hybridized carbons (Fsp3) is 0.467. The molecule has 4 aliphatic rings. The van der Waals surface area contributed by atoms with Crippen LogP contribution in [0.1, 0.15) is 6.92 Å². The summed E-state index contributed by atoms with van der Waals surface area (Å²) in [5, 5.41) is 28.0. The number of allylic oxidation sites excluding steroid dienone is 3. The Labute approximate surface area is 137 Å². The van der Waals surface area contributed by atoms with Crippen LogP contribution in [0.4, 0.5) is 4.79 Å². The number of hydrogen-bond acceptors (Lipinski definition) is 8. The summed E-state index contributed by atoms with van der Waals surface area (Å²) >= 11 is 0. The number of amides is 1. The monoisotopic (exact) mass is 333 g/mol. The molecule has 0 radical (unpaired) electrons. The highest BCUT2D eigenvalue weighted by Crippen LogP contribution is 2.55. The maximum absolute atomic E-state index is 12.6. The first kappa shape index (κ1) is 15.0. The lowest BCUT2D eigenvalue weighted by Gasteiger charge is -2.39. The molecule has 3 aliphatic heterocycles. The van der Waals surface area contributed by atoms with Crippen LogP contribution >= 0.6 is 0 Å². The van der Waals surface area contributed by atoms with Gasteiger partial charge in [0, 0.05) is 31.0 Å². The van der Waals surface area contributed by atoms with Gasteiger partial charge in [0.25, 0.3) is 0 Å². The summed E-state index contributed by atoms with van der Waals surface area (Å²) in [4.78, 5) is 25.3. The van der Waals surface area contributed by atoms with Gasteiger partial charge in [-0.3, -0.25) is 4.79 Å². The van der Waals surface area contributed by atoms with Gasteiger partial charge in [-0.15, -0.1) is 0 Å². The fourth-order valence-corrected chi connectivity index (χ4v) is 4.01. The number of hydrogen-bond donors (Lipinski definition) is 2. The third-order valence-corrected chi connectivity index (χ3v) is 5.13. The molecule has 0 aromatic carbocycles. The Morgan fingerprint density at radius 2 is 2.17 bits per heavy atom. The molecule has 128 valence electrons. The molecule has 0 unspecified atom stereocenters. The molecule has 1 aliphatic carbocycles. The number of methoxy groups -OCH3 is 1. The van der Waals surface area contributed by atoms with Gasteiger partial charge < -0.3 is 35.6 Å². The number of primary amides is 1. The van der Waals surface area contributed by atoms with E-state index in [1.165, 1.54) is 14.0 Å². The van der Waals surface area contributed by atoms with Crippen LogP contribution in [0.3, 0.4) is 0 Å². The van der Waals surface area contributed by atoms with Gasteiger partial charge in [0.1, 0.15) is 6.61 Å². The predicted octanol–water partition coefficient (Wildman–Crippen LogP) is -2.82. The third kappa shape index (κ3) is 1.55. The van der Waals surface area contributed by atoms with Gasteiger partial charge in [0.2, 0.25) is 0 Å². The van der Waals surface area contributed by atoms with Crippen LogP contribution in [0.5, 0.6) is 0 Å². The molecule has 3 N–H and O–H groups in total. The average molecular weight is 333 g/mol. The van der Waals surface area contributed by atoms with Crippen molar-refractivity contribution in [3.05, 3.63) is 33.9 Å². The Hall–Kier alpha value is -2.52. The molecule has 24 heavy (non-hydrogen) atoms. The van der Waals surface area contributed by atoms with Gasteiger partial charge in [0.15, 0.2) is 11.5 Å². The van der Waals surface area contributed by atoms with Gasteiger partial charge in [-0.2, -0.15) is 0 Å². The van der Waals surface area contributed by atoms with Gasteiger partial charge >= 0.3 is 6.09 Å². The fourth-order valence-electron chi connectivity index (χ4n) is 4.01. The van der Waals surface area contributed by atoms with Crippen LogP contribution < -0.4 is 21.3 Å². The van der Waals surface area contributed by atoms with Crippen molar-refractivity contribution < 1.29 is 29.3 Å². The number of carbonyl (C=O) groups is 2. The molecule has 2 fully saturated rings. The minimum atomic E-state index is -1.12. The second-order valence-corrected chi connectivity index (χ2v) is 6.18. The number of piperazine rings is 1. The Morgan fingerprint density at radius 3 is 2.79 bits per heavy atom. The summed E-state index contributed by atoms with van der Waals surface area (Å²) in [5.41, 5.74) is 4.21. The lowest BCUT2D eigenvalue weighted by molar-refractivity contribution is -0.316. The standard InChI is InChI=1S/C15H17N3O6/c1-5-10(19)9-8(12(21)11(5)20)6(4-24-14(16)22)15(23-2)13-7(17-13)3-18(9)15/h7,13,17,19-20H,3-4H2,1-2H3,(H2,16,22)/p-2/t7-,13-,15+/m0/s1. The van der Waals surface area contributed by atoms with Crippen molar-refractivity contribution in [1.82, 2.24) is 10.2 Å². The average Bonchev–Trinajstić information content (AvgIpc) is 3.16. The number of fused-ring (bicyclic) bond motifs is 5. The van der Waals surface area contributed by atoms with E-state index in [0.717, 1.165) is 0 Å². The van der Waals surface area contributed by atoms with Crippen LogP contribution in [0, 0.1) is 0 Å². The van der Waals surface area contributed by atoms with E-state index >= 15 is 0 Å². The quantitative estimate of drug-likeness (QED) is 0.525. The number of rotatable bonds is 3. The van der Waals surface area contributed by atoms with Crippen LogP contribution in [0.25, 0.3) is 0 Å². The molecule has 9 nitrogen and oxygen atoms in total. The minimum absolute atomic E-state index is 0.0224. The molecule has 3 heterocycles. The van der Waals surface area contributed by atoms with Gasteiger partial charge in [0.05, 0.1) is 11.6 Å². The third-order valence-electron chi connectivity index (χ3n) is 5.13. The van der Waals surface area contributed by atoms with Gasteiger partial charge in [-0.05, 0) is 6.92 Å². The summed E-state index contributed by atoms with van der Waals surface area (Å²) in [6, 6.07) is -0.0565. The van der Waals surface area contributed by atoms with Crippen molar-refractivity contribution in [2.45, 2.75) is 24.7 Å². The van der Waals surface area contributed by atoms with E-state index < -0.39 is 29.1 Å². The van der Waals surface area contributed by atoms with Crippen molar-refractivity contribution in [2.75, 3.05) is 20.3 Å². The Kier molecular flexibility index (Phi) is 2.83. The van der Waals surface area contributed by atoms with Gasteiger partial charge in [-0.25, -0.2) is 4.79 Å². The second-order valence-electron chi connectivity index (χ2n) is 6.18. The molecule has 9 heteroatoms. The van der Waals surface area contributed by atoms with Crippen LogP contribution in [0.15, 0.2) is 33.9 Å². The number of ether oxygens (including phenoxy) is 2. The molecule has 3 atom stereocenters. The van der Waals surface area contributed by atoms with E-state index in [4.69, 9.17) is 15.2 Å². The van der Waals surface area contributed by atoms with Crippen LogP contribution in [0.2, 0.25) is 0 Å². The summed E-state index contributed by atoms with van der Waals surface area (Å²) in [5.74, 6) is -2.12. The SMILES string of the molecule is CO[C@@]12C(COC(N)=O)=C3C(=O)C([O-])=C(C)C([O-])=C3N1C[C@@H]1N[C@@H]12. The number of nitrogens with zero attached hydrogens (tertiary/aromatic N) is 1. The van der Waals surface area contributed by atoms with Crippen molar-refractivity contribution in [2.24, 2.45) is 5.73 Å². The van der Waals surface area contributed by atoms with Crippen LogP contribution in [-0.4, -0.2) is 54.8 Å². The lowest BCUT2D eigenvalue weighted by Crippen LogP contribution is -2.51.